The van der Waals surface area contributed by atoms with E-state index in [1.807, 2.05) is 19.1 Å². The highest BCUT2D eigenvalue weighted by Crippen LogP contribution is 2.30. The van der Waals surface area contributed by atoms with E-state index in [4.69, 9.17) is 23.2 Å². The van der Waals surface area contributed by atoms with E-state index in [0.29, 0.717) is 12.1 Å². The van der Waals surface area contributed by atoms with Gasteiger partial charge in [0.1, 0.15) is 0 Å². The second kappa shape index (κ2) is 5.68. The van der Waals surface area contributed by atoms with Crippen LogP contribution >= 0.6 is 23.2 Å². The number of anilines is 1. The van der Waals surface area contributed by atoms with Gasteiger partial charge in [-0.2, -0.15) is 0 Å². The molecule has 2 nitrogen and oxygen atoms in total. The molecule has 1 unspecified atom stereocenters. The van der Waals surface area contributed by atoms with Gasteiger partial charge in [0.25, 0.3) is 0 Å². The third kappa shape index (κ3) is 3.11. The van der Waals surface area contributed by atoms with Gasteiger partial charge < -0.3 is 5.32 Å². The minimum atomic E-state index is 0.462. The minimum Gasteiger partial charge on any atom is -0.380 e. The lowest BCUT2D eigenvalue weighted by Crippen LogP contribution is -2.31. The molecule has 2 rings (SSSR count). The molecule has 100 valence electrons. The first-order valence-corrected chi connectivity index (χ1v) is 7.19. The maximum absolute atomic E-state index is 6.24. The Morgan fingerprint density at radius 3 is 2.61 bits per heavy atom. The number of likely N-dealkylation sites (tertiary alicyclic amines) is 1. The fourth-order valence-corrected chi connectivity index (χ4v) is 2.79. The van der Waals surface area contributed by atoms with Gasteiger partial charge in [-0.3, -0.25) is 4.90 Å². The molecule has 0 radical (unpaired) electrons. The minimum absolute atomic E-state index is 0.462. The fourth-order valence-electron chi connectivity index (χ4n) is 2.35. The average molecular weight is 287 g/mol. The molecular weight excluding hydrogens is 267 g/mol. The molecule has 1 aromatic rings. The molecule has 1 atom stereocenters. The van der Waals surface area contributed by atoms with Crippen LogP contribution in [-0.4, -0.2) is 30.1 Å². The van der Waals surface area contributed by atoms with Gasteiger partial charge >= 0.3 is 0 Å². The van der Waals surface area contributed by atoms with Crippen LogP contribution in [-0.2, 0) is 0 Å². The van der Waals surface area contributed by atoms with Crippen LogP contribution in [0.4, 0.5) is 5.69 Å². The third-order valence-corrected chi connectivity index (χ3v) is 4.28. The molecule has 0 aliphatic carbocycles. The Kier molecular flexibility index (Phi) is 4.41. The largest absolute Gasteiger partial charge is 0.380 e. The van der Waals surface area contributed by atoms with Crippen molar-refractivity contribution >= 4 is 28.9 Å². The Morgan fingerprint density at radius 1 is 1.28 bits per heavy atom. The predicted molar refractivity (Wildman–Crippen MR) is 79.9 cm³/mol. The Labute approximate surface area is 119 Å². The highest BCUT2D eigenvalue weighted by atomic mass is 35.5. The first kappa shape index (κ1) is 14.0. The molecule has 1 aliphatic heterocycles. The van der Waals surface area contributed by atoms with Crippen molar-refractivity contribution in [2.75, 3.05) is 18.4 Å². The number of aryl methyl sites for hydroxylation is 1. The molecule has 0 aromatic heterocycles. The lowest BCUT2D eigenvalue weighted by atomic mass is 10.2. The molecule has 1 heterocycles. The molecule has 1 aliphatic rings. The summed E-state index contributed by atoms with van der Waals surface area (Å²) in [5.41, 5.74) is 1.96. The summed E-state index contributed by atoms with van der Waals surface area (Å²) in [6.07, 6.45) is 1.15. The number of nitrogens with one attached hydrogen (secondary N) is 1. The van der Waals surface area contributed by atoms with Crippen molar-refractivity contribution in [1.29, 1.82) is 0 Å². The normalized spacial score (nSPS) is 20.7. The lowest BCUT2D eigenvalue weighted by molar-refractivity contribution is 0.274. The summed E-state index contributed by atoms with van der Waals surface area (Å²) >= 11 is 12.4. The van der Waals surface area contributed by atoms with E-state index in [1.54, 1.807) is 0 Å². The number of hydrogen-bond acceptors (Lipinski definition) is 2. The van der Waals surface area contributed by atoms with Crippen LogP contribution in [0.15, 0.2) is 12.1 Å². The molecule has 1 saturated heterocycles. The Morgan fingerprint density at radius 2 is 2.00 bits per heavy atom. The zero-order valence-corrected chi connectivity index (χ0v) is 12.6. The molecule has 1 N–H and O–H groups in total. The van der Waals surface area contributed by atoms with Crippen molar-refractivity contribution in [2.24, 2.45) is 0 Å². The smallest absolute Gasteiger partial charge is 0.0641 e. The molecule has 18 heavy (non-hydrogen) atoms. The Bertz CT molecular complexity index is 432. The molecule has 0 spiro atoms. The maximum atomic E-state index is 6.24. The number of hydrogen-bond donors (Lipinski definition) is 1. The van der Waals surface area contributed by atoms with E-state index in [0.717, 1.165) is 40.8 Å². The van der Waals surface area contributed by atoms with E-state index in [9.17, 15) is 0 Å². The van der Waals surface area contributed by atoms with E-state index in [-0.39, 0.29) is 0 Å². The van der Waals surface area contributed by atoms with Gasteiger partial charge in [0.15, 0.2) is 0 Å². The second-order valence-corrected chi connectivity index (χ2v) is 6.11. The summed E-state index contributed by atoms with van der Waals surface area (Å²) in [6.45, 7) is 8.65. The lowest BCUT2D eigenvalue weighted by Gasteiger charge is -2.21. The van der Waals surface area contributed by atoms with Crippen molar-refractivity contribution < 1.29 is 0 Å². The molecule has 0 saturated carbocycles. The number of benzene rings is 1. The van der Waals surface area contributed by atoms with Crippen LogP contribution < -0.4 is 5.32 Å². The summed E-state index contributed by atoms with van der Waals surface area (Å²) in [5, 5.41) is 5.02. The first-order chi connectivity index (χ1) is 8.47. The average Bonchev–Trinajstić information content (AvgIpc) is 2.74. The van der Waals surface area contributed by atoms with E-state index in [1.165, 1.54) is 0 Å². The van der Waals surface area contributed by atoms with Crippen LogP contribution in [0.5, 0.6) is 0 Å². The van der Waals surface area contributed by atoms with Crippen molar-refractivity contribution in [3.8, 4) is 0 Å². The Hall–Kier alpha value is -0.440. The van der Waals surface area contributed by atoms with Crippen molar-refractivity contribution in [3.63, 3.8) is 0 Å². The molecule has 0 amide bonds. The molecule has 4 heteroatoms. The third-order valence-electron chi connectivity index (χ3n) is 3.56. The summed E-state index contributed by atoms with van der Waals surface area (Å²) in [4.78, 5) is 2.47. The summed E-state index contributed by atoms with van der Waals surface area (Å²) < 4.78 is 0. The highest BCUT2D eigenvalue weighted by molar-refractivity contribution is 6.35. The first-order valence-electron chi connectivity index (χ1n) is 6.43. The second-order valence-electron chi connectivity index (χ2n) is 5.30. The van der Waals surface area contributed by atoms with Crippen LogP contribution in [0, 0.1) is 6.92 Å². The van der Waals surface area contributed by atoms with Gasteiger partial charge in [-0.15, -0.1) is 0 Å². The van der Waals surface area contributed by atoms with E-state index in [2.05, 4.69) is 24.1 Å². The van der Waals surface area contributed by atoms with Crippen LogP contribution in [0.3, 0.4) is 0 Å². The molecule has 0 bridgehead atoms. The van der Waals surface area contributed by atoms with Crippen molar-refractivity contribution in [1.82, 2.24) is 4.90 Å². The van der Waals surface area contributed by atoms with Gasteiger partial charge in [-0.05, 0) is 44.9 Å². The number of nitrogens with zero attached hydrogens (tertiary/aromatic N) is 1. The summed E-state index contributed by atoms with van der Waals surface area (Å²) in [7, 11) is 0. The highest BCUT2D eigenvalue weighted by Gasteiger charge is 2.24. The molecule has 1 fully saturated rings. The van der Waals surface area contributed by atoms with Crippen molar-refractivity contribution in [3.05, 3.63) is 27.7 Å². The fraction of sp³-hybridized carbons (Fsp3) is 0.571. The standard InChI is InChI=1S/C14H20Cl2N2/c1-9(2)18-5-4-11(8-18)17-14-7-12(15)10(3)6-13(14)16/h6-7,9,11,17H,4-5,8H2,1-3H3. The SMILES string of the molecule is Cc1cc(Cl)c(NC2CCN(C(C)C)C2)cc1Cl. The predicted octanol–water partition coefficient (Wildman–Crippen LogP) is 4.20. The van der Waals surface area contributed by atoms with E-state index < -0.39 is 0 Å². The van der Waals surface area contributed by atoms with E-state index >= 15 is 0 Å². The van der Waals surface area contributed by atoms with Crippen LogP contribution in [0.1, 0.15) is 25.8 Å². The zero-order valence-electron chi connectivity index (χ0n) is 11.1. The van der Waals surface area contributed by atoms with Crippen LogP contribution in [0.25, 0.3) is 0 Å². The monoisotopic (exact) mass is 286 g/mol. The number of halogens is 2. The quantitative estimate of drug-likeness (QED) is 0.896. The topological polar surface area (TPSA) is 15.3 Å². The van der Waals surface area contributed by atoms with Gasteiger partial charge in [0.05, 0.1) is 10.7 Å². The summed E-state index contributed by atoms with van der Waals surface area (Å²) in [6, 6.07) is 4.91. The maximum Gasteiger partial charge on any atom is 0.0641 e. The molecule has 1 aromatic carbocycles. The van der Waals surface area contributed by atoms with Gasteiger partial charge in [-0.25, -0.2) is 0 Å². The number of rotatable bonds is 3. The summed E-state index contributed by atoms with van der Waals surface area (Å²) in [5.74, 6) is 0. The zero-order chi connectivity index (χ0) is 13.3. The Balaban J connectivity index is 2.05. The van der Waals surface area contributed by atoms with Crippen molar-refractivity contribution in [2.45, 2.75) is 39.3 Å². The van der Waals surface area contributed by atoms with Crippen LogP contribution in [0.2, 0.25) is 10.0 Å². The van der Waals surface area contributed by atoms with Gasteiger partial charge in [-0.1, -0.05) is 23.2 Å². The van der Waals surface area contributed by atoms with Gasteiger partial charge in [0.2, 0.25) is 0 Å². The van der Waals surface area contributed by atoms with Gasteiger partial charge in [0, 0.05) is 30.2 Å². The molecular formula is C14H20Cl2N2.